The van der Waals surface area contributed by atoms with Crippen LogP contribution in [0, 0.1) is 6.92 Å². The minimum Gasteiger partial charge on any atom is -0.460 e. The highest BCUT2D eigenvalue weighted by atomic mass is 32.2. The lowest BCUT2D eigenvalue weighted by Crippen LogP contribution is -2.59. The monoisotopic (exact) mass is 783 g/mol. The van der Waals surface area contributed by atoms with Crippen molar-refractivity contribution >= 4 is 40.1 Å². The predicted octanol–water partition coefficient (Wildman–Crippen LogP) is 4.54. The van der Waals surface area contributed by atoms with Crippen LogP contribution >= 0.6 is 7.60 Å². The van der Waals surface area contributed by atoms with Crippen molar-refractivity contribution in [3.63, 3.8) is 0 Å². The number of aromatic nitrogens is 2. The molecule has 1 saturated heterocycles. The minimum atomic E-state index is -4.30. The van der Waals surface area contributed by atoms with Gasteiger partial charge in [0, 0.05) is 25.4 Å². The van der Waals surface area contributed by atoms with Gasteiger partial charge in [-0.1, -0.05) is 41.5 Å². The first kappa shape index (κ1) is 42.5. The summed E-state index contributed by atoms with van der Waals surface area (Å²) in [6.45, 7) is 21.0. The van der Waals surface area contributed by atoms with Gasteiger partial charge in [-0.05, 0) is 49.6 Å². The van der Waals surface area contributed by atoms with Crippen LogP contribution in [0.15, 0.2) is 26.9 Å². The zero-order valence-corrected chi connectivity index (χ0v) is 35.1. The Morgan fingerprint density at radius 3 is 2.12 bits per heavy atom. The number of methoxy groups -OCH3 is 1. The van der Waals surface area contributed by atoms with E-state index >= 15 is 0 Å². The number of aryl methyl sites for hydroxylation is 1. The summed E-state index contributed by atoms with van der Waals surface area (Å²) in [5.41, 5.74) is 2.05. The summed E-state index contributed by atoms with van der Waals surface area (Å²) in [5.74, 6) is 0. The second kappa shape index (κ2) is 14.5. The van der Waals surface area contributed by atoms with E-state index in [1.807, 2.05) is 47.0 Å². The van der Waals surface area contributed by atoms with E-state index in [-0.39, 0.29) is 47.5 Å². The number of hydrogen-bond donors (Lipinski definition) is 1. The zero-order chi connectivity index (χ0) is 38.5. The van der Waals surface area contributed by atoms with Gasteiger partial charge < -0.3 is 33.1 Å². The van der Waals surface area contributed by atoms with Crippen molar-refractivity contribution in [3.05, 3.63) is 43.7 Å². The number of carbonyl (C=O) groups is 1. The minimum absolute atomic E-state index is 0.0255. The maximum Gasteiger partial charge on any atom is 0.438 e. The van der Waals surface area contributed by atoms with Crippen molar-refractivity contribution in [3.8, 4) is 0 Å². The van der Waals surface area contributed by atoms with E-state index in [2.05, 4.69) is 25.5 Å². The van der Waals surface area contributed by atoms with Crippen LogP contribution in [0.2, 0.25) is 36.3 Å². The van der Waals surface area contributed by atoms with E-state index in [9.17, 15) is 27.4 Å². The fraction of sp³-hybridized carbons (Fsp3) is 0.767. The van der Waals surface area contributed by atoms with Crippen molar-refractivity contribution < 1.29 is 49.3 Å². The molecule has 0 bridgehead atoms. The van der Waals surface area contributed by atoms with Gasteiger partial charge in [-0.3, -0.25) is 13.9 Å². The van der Waals surface area contributed by atoms with Gasteiger partial charge in [0.25, 0.3) is 15.7 Å². The molecule has 3 heterocycles. The van der Waals surface area contributed by atoms with Gasteiger partial charge in [-0.2, -0.15) is 8.42 Å². The smallest absolute Gasteiger partial charge is 0.438 e. The summed E-state index contributed by atoms with van der Waals surface area (Å²) in [5, 5.41) is 0.248. The van der Waals surface area contributed by atoms with Crippen LogP contribution in [0.3, 0.4) is 0 Å². The number of nitrogens with two attached hydrogens (primary N) is 1. The highest BCUT2D eigenvalue weighted by molar-refractivity contribution is 7.90. The molecule has 3 rings (SSSR count). The first-order chi connectivity index (χ1) is 22.6. The Bertz CT molecular complexity index is 1760. The second-order valence-electron chi connectivity index (χ2n) is 15.6. The van der Waals surface area contributed by atoms with Crippen LogP contribution in [0.1, 0.15) is 59.8 Å². The predicted molar refractivity (Wildman–Crippen MR) is 191 cm³/mol. The fourth-order valence-corrected chi connectivity index (χ4v) is 9.51. The highest BCUT2D eigenvalue weighted by Gasteiger charge is 2.67. The van der Waals surface area contributed by atoms with Gasteiger partial charge in [0.05, 0.1) is 31.4 Å². The standard InChI is InChI=1S/C30H54N3O13PSSi2/c1-20-17-33(26(35)32(24(20)34)15-14-16-42-47(37,41-9)27(36)40-8)25-23(45-50(12,13)29(5,6)7)30(21(31)19-48(38,39)46-30)22(44-25)18-43-49(10,11)28(2,3)4/h17,19,22-23,25H,14-16,18,31H2,1-13H3/t22-,23+,25-,30?,47?/m1/s1. The van der Waals surface area contributed by atoms with Gasteiger partial charge in [0.1, 0.15) is 12.2 Å². The summed E-state index contributed by atoms with van der Waals surface area (Å²) in [6, 6.07) is 0. The Kier molecular flexibility index (Phi) is 12.3. The molecule has 0 radical (unpaired) electrons. The van der Waals surface area contributed by atoms with Crippen LogP contribution in [0.5, 0.6) is 0 Å². The number of ether oxygens (including phenoxy) is 2. The number of hydrogen-bond acceptors (Lipinski definition) is 14. The van der Waals surface area contributed by atoms with Crippen molar-refractivity contribution in [2.45, 2.75) is 122 Å². The van der Waals surface area contributed by atoms with Gasteiger partial charge in [0.2, 0.25) is 0 Å². The number of carbonyl (C=O) groups excluding carboxylic acids is 1. The Morgan fingerprint density at radius 2 is 1.64 bits per heavy atom. The third-order valence-corrected chi connectivity index (χ3v) is 21.8. The van der Waals surface area contributed by atoms with Gasteiger partial charge in [-0.25, -0.2) is 18.3 Å². The molecule has 1 aromatic heterocycles. The van der Waals surface area contributed by atoms with Crippen molar-refractivity contribution in [1.82, 2.24) is 9.13 Å². The SMILES string of the molecule is COC(=O)P(=O)(OC)OCCCn1c(=O)c(C)cn([C@@H]2O[C@H](CO[Si](C)(C)C(C)(C)C)C3(OS(=O)(=O)C=C3N)[C@H]2O[Si](C)(C)C(C)(C)C)c1=O. The molecule has 2 N–H and O–H groups in total. The lowest BCUT2D eigenvalue weighted by atomic mass is 9.89. The van der Waals surface area contributed by atoms with Gasteiger partial charge >= 0.3 is 19.0 Å². The average molecular weight is 784 g/mol. The maximum atomic E-state index is 14.2. The Hall–Kier alpha value is -1.94. The molecule has 50 heavy (non-hydrogen) atoms. The summed E-state index contributed by atoms with van der Waals surface area (Å²) >= 11 is 0. The molecule has 0 aromatic carbocycles. The molecule has 16 nitrogen and oxygen atoms in total. The van der Waals surface area contributed by atoms with Crippen LogP contribution in [0.4, 0.5) is 4.79 Å². The van der Waals surface area contributed by atoms with E-state index in [0.29, 0.717) is 0 Å². The molecule has 0 aliphatic carbocycles. The molecule has 0 amide bonds. The first-order valence-electron chi connectivity index (χ1n) is 16.2. The van der Waals surface area contributed by atoms with E-state index in [0.717, 1.165) is 24.2 Å². The maximum absolute atomic E-state index is 14.2. The molecule has 5 atom stereocenters. The summed E-state index contributed by atoms with van der Waals surface area (Å²) in [4.78, 5) is 39.4. The molecule has 2 aliphatic rings. The van der Waals surface area contributed by atoms with Crippen LogP contribution in [-0.4, -0.2) is 85.1 Å². The molecular weight excluding hydrogens is 730 g/mol. The Labute approximate surface area is 296 Å². The molecule has 1 fully saturated rings. The molecule has 286 valence electrons. The molecule has 0 saturated carbocycles. The van der Waals surface area contributed by atoms with Gasteiger partial charge in [-0.15, -0.1) is 0 Å². The zero-order valence-electron chi connectivity index (χ0n) is 31.3. The molecule has 1 aromatic rings. The average Bonchev–Trinajstić information content (AvgIpc) is 3.41. The summed E-state index contributed by atoms with van der Waals surface area (Å²) in [6.07, 6.45) is -2.44. The van der Waals surface area contributed by atoms with Crippen molar-refractivity contribution in [1.29, 1.82) is 0 Å². The lowest BCUT2D eigenvalue weighted by molar-refractivity contribution is -0.0567. The molecule has 20 heteroatoms. The van der Waals surface area contributed by atoms with Crippen LogP contribution in [0.25, 0.3) is 0 Å². The normalized spacial score (nSPS) is 25.5. The summed E-state index contributed by atoms with van der Waals surface area (Å²) < 4.78 is 81.2. The topological polar surface area (TPSA) is 203 Å². The third-order valence-electron chi connectivity index (χ3n) is 10.1. The van der Waals surface area contributed by atoms with Gasteiger partial charge in [0.15, 0.2) is 28.5 Å². The van der Waals surface area contributed by atoms with E-state index in [1.165, 1.54) is 17.7 Å². The number of rotatable bonds is 13. The Balaban J connectivity index is 2.18. The highest BCUT2D eigenvalue weighted by Crippen LogP contribution is 2.52. The van der Waals surface area contributed by atoms with Crippen molar-refractivity contribution in [2.24, 2.45) is 5.73 Å². The van der Waals surface area contributed by atoms with E-state index in [1.54, 1.807) is 0 Å². The van der Waals surface area contributed by atoms with Crippen molar-refractivity contribution in [2.75, 3.05) is 27.4 Å². The third kappa shape index (κ3) is 8.16. The summed E-state index contributed by atoms with van der Waals surface area (Å²) in [7, 11) is -11.7. The number of nitrogens with zero attached hydrogens (tertiary/aromatic N) is 2. The Morgan fingerprint density at radius 1 is 1.06 bits per heavy atom. The second-order valence-corrected chi connectivity index (χ2v) is 28.6. The van der Waals surface area contributed by atoms with E-state index < -0.39 is 75.3 Å². The molecule has 1 spiro atoms. The quantitative estimate of drug-likeness (QED) is 0.126. The molecule has 2 unspecified atom stereocenters. The molecular formula is C30H54N3O13PSSi2. The molecule has 2 aliphatic heterocycles. The largest absolute Gasteiger partial charge is 0.460 e. The lowest BCUT2D eigenvalue weighted by Gasteiger charge is -2.43. The van der Waals surface area contributed by atoms with E-state index in [4.69, 9.17) is 32.6 Å². The fourth-order valence-electron chi connectivity index (χ4n) is 5.05. The first-order valence-corrected chi connectivity index (χ1v) is 25.1. The van der Waals surface area contributed by atoms with Crippen LogP contribution in [-0.2, 0) is 52.8 Å². The van der Waals surface area contributed by atoms with Crippen LogP contribution < -0.4 is 17.0 Å².